The van der Waals surface area contributed by atoms with Crippen LogP contribution in [0, 0.1) is 0 Å². The van der Waals surface area contributed by atoms with E-state index in [2.05, 4.69) is 20.9 Å². The third-order valence-corrected chi connectivity index (χ3v) is 5.30. The third-order valence-electron chi connectivity index (χ3n) is 5.30. The summed E-state index contributed by atoms with van der Waals surface area (Å²) in [5, 5.41) is 35.4. The zero-order valence-electron chi connectivity index (χ0n) is 19.1. The maximum atomic E-state index is 12.9. The second-order valence-corrected chi connectivity index (χ2v) is 8.12. The van der Waals surface area contributed by atoms with Crippen LogP contribution in [-0.4, -0.2) is 80.2 Å². The van der Waals surface area contributed by atoms with E-state index in [0.29, 0.717) is 5.56 Å². The van der Waals surface area contributed by atoms with Gasteiger partial charge in [-0.15, -0.1) is 0 Å². The van der Waals surface area contributed by atoms with Crippen molar-refractivity contribution in [2.75, 3.05) is 0 Å². The van der Waals surface area contributed by atoms with E-state index in [1.54, 1.807) is 24.4 Å². The number of aromatic amines is 1. The predicted molar refractivity (Wildman–Crippen MR) is 123 cm³/mol. The van der Waals surface area contributed by atoms with Gasteiger partial charge in [0.1, 0.15) is 24.2 Å². The van der Waals surface area contributed by atoms with Crippen molar-refractivity contribution in [1.29, 1.82) is 0 Å². The Morgan fingerprint density at radius 2 is 1.57 bits per heavy atom. The first-order valence-electron chi connectivity index (χ1n) is 10.7. The maximum absolute atomic E-state index is 12.9. The number of nitrogens with two attached hydrogens (primary N) is 1. The summed E-state index contributed by atoms with van der Waals surface area (Å²) >= 11 is 0. The Labute approximate surface area is 200 Å². The number of aliphatic hydroxyl groups excluding tert-OH is 1. The van der Waals surface area contributed by atoms with Crippen molar-refractivity contribution in [2.45, 2.75) is 57.0 Å². The quantitative estimate of drug-likeness (QED) is 0.172. The average Bonchev–Trinajstić information content (AvgIpc) is 3.19. The van der Waals surface area contributed by atoms with Crippen LogP contribution in [0.25, 0.3) is 10.9 Å². The van der Waals surface area contributed by atoms with Gasteiger partial charge in [-0.1, -0.05) is 18.2 Å². The molecule has 0 aliphatic carbocycles. The summed E-state index contributed by atoms with van der Waals surface area (Å²) in [4.78, 5) is 63.2. The van der Waals surface area contributed by atoms with E-state index in [1.165, 1.54) is 13.8 Å². The van der Waals surface area contributed by atoms with Crippen LogP contribution in [0.3, 0.4) is 0 Å². The van der Waals surface area contributed by atoms with Crippen LogP contribution in [-0.2, 0) is 30.4 Å². The molecule has 0 saturated heterocycles. The SMILES string of the molecule is CC(NC(=O)C(N)C(C)O)C(=O)NC(Cc1c[nH]c2ccccc12)C(=O)NC(CC(=O)O)C(=O)O. The normalized spacial score (nSPS) is 15.3. The molecule has 5 unspecified atom stereocenters. The van der Waals surface area contributed by atoms with E-state index in [1.807, 2.05) is 6.07 Å². The van der Waals surface area contributed by atoms with Crippen LogP contribution in [0.2, 0.25) is 0 Å². The van der Waals surface area contributed by atoms with Crippen LogP contribution in [0.4, 0.5) is 0 Å². The highest BCUT2D eigenvalue weighted by atomic mass is 16.4. The predicted octanol–water partition coefficient (Wildman–Crippen LogP) is -1.55. The lowest BCUT2D eigenvalue weighted by Crippen LogP contribution is -2.57. The summed E-state index contributed by atoms with van der Waals surface area (Å²) in [7, 11) is 0. The minimum Gasteiger partial charge on any atom is -0.481 e. The number of benzene rings is 1. The molecule has 2 rings (SSSR count). The Balaban J connectivity index is 2.24. The van der Waals surface area contributed by atoms with Crippen molar-refractivity contribution in [2.24, 2.45) is 5.73 Å². The standard InChI is InChI=1S/C22H29N5O8/c1-10(25-21(33)18(23)11(2)28)19(31)26-15(20(32)27-16(22(34)35)8-17(29)30)7-12-9-24-14-6-4-3-5-13(12)14/h3-6,9-11,15-16,18,24,28H,7-8,23H2,1-2H3,(H,25,33)(H,26,31)(H,27,32)(H,29,30)(H,34,35). The molecule has 0 aliphatic rings. The fourth-order valence-corrected chi connectivity index (χ4v) is 3.27. The number of carboxylic acids is 2. The number of aliphatic carboxylic acids is 2. The number of carbonyl (C=O) groups is 5. The molecule has 9 N–H and O–H groups in total. The molecule has 35 heavy (non-hydrogen) atoms. The molecule has 13 nitrogen and oxygen atoms in total. The van der Waals surface area contributed by atoms with Gasteiger partial charge in [0.2, 0.25) is 17.7 Å². The molecule has 0 fully saturated rings. The fourth-order valence-electron chi connectivity index (χ4n) is 3.27. The molecule has 0 bridgehead atoms. The lowest BCUT2D eigenvalue weighted by molar-refractivity contribution is -0.147. The lowest BCUT2D eigenvalue weighted by Gasteiger charge is -2.24. The van der Waals surface area contributed by atoms with Crippen LogP contribution < -0.4 is 21.7 Å². The van der Waals surface area contributed by atoms with Gasteiger partial charge in [0.15, 0.2) is 0 Å². The van der Waals surface area contributed by atoms with E-state index in [0.717, 1.165) is 10.9 Å². The van der Waals surface area contributed by atoms with Crippen molar-refractivity contribution in [1.82, 2.24) is 20.9 Å². The van der Waals surface area contributed by atoms with E-state index < -0.39 is 66.4 Å². The highest BCUT2D eigenvalue weighted by Crippen LogP contribution is 2.19. The molecule has 2 aromatic rings. The maximum Gasteiger partial charge on any atom is 0.326 e. The van der Waals surface area contributed by atoms with Crippen molar-refractivity contribution >= 4 is 40.6 Å². The molecule has 190 valence electrons. The third kappa shape index (κ3) is 7.52. The number of aliphatic hydroxyl groups is 1. The van der Waals surface area contributed by atoms with E-state index in [4.69, 9.17) is 10.8 Å². The molecule has 5 atom stereocenters. The molecule has 13 heteroatoms. The Kier molecular flexibility index (Phi) is 9.31. The van der Waals surface area contributed by atoms with Gasteiger partial charge in [-0.3, -0.25) is 19.2 Å². The van der Waals surface area contributed by atoms with Crippen molar-refractivity contribution in [3.63, 3.8) is 0 Å². The number of para-hydroxylation sites is 1. The van der Waals surface area contributed by atoms with Gasteiger partial charge in [0.25, 0.3) is 0 Å². The van der Waals surface area contributed by atoms with E-state index in [-0.39, 0.29) is 6.42 Å². The molecular weight excluding hydrogens is 462 g/mol. The van der Waals surface area contributed by atoms with Crippen molar-refractivity contribution in [3.8, 4) is 0 Å². The molecule has 0 radical (unpaired) electrons. The van der Waals surface area contributed by atoms with E-state index in [9.17, 15) is 34.2 Å². The summed E-state index contributed by atoms with van der Waals surface area (Å²) in [6.07, 6.45) is -0.448. The van der Waals surface area contributed by atoms with Crippen molar-refractivity contribution in [3.05, 3.63) is 36.0 Å². The molecule has 1 heterocycles. The topological polar surface area (TPSA) is 224 Å². The fraction of sp³-hybridized carbons (Fsp3) is 0.409. The second-order valence-electron chi connectivity index (χ2n) is 8.12. The van der Waals surface area contributed by atoms with Gasteiger partial charge in [-0.2, -0.15) is 0 Å². The molecule has 1 aromatic heterocycles. The molecule has 0 spiro atoms. The number of nitrogens with one attached hydrogen (secondary N) is 4. The number of carboxylic acid groups (broad SMARTS) is 2. The monoisotopic (exact) mass is 491 g/mol. The number of aromatic nitrogens is 1. The van der Waals surface area contributed by atoms with Crippen LogP contribution in [0.1, 0.15) is 25.8 Å². The minimum atomic E-state index is -1.72. The Morgan fingerprint density at radius 1 is 0.943 bits per heavy atom. The highest BCUT2D eigenvalue weighted by Gasteiger charge is 2.31. The Hall–Kier alpha value is -3.97. The summed E-state index contributed by atoms with van der Waals surface area (Å²) < 4.78 is 0. The molecule has 1 aromatic carbocycles. The van der Waals surface area contributed by atoms with Crippen LogP contribution in [0.15, 0.2) is 30.5 Å². The summed E-state index contributed by atoms with van der Waals surface area (Å²) in [6.45, 7) is 2.65. The summed E-state index contributed by atoms with van der Waals surface area (Å²) in [5.41, 5.74) is 6.97. The first-order chi connectivity index (χ1) is 16.4. The zero-order chi connectivity index (χ0) is 26.3. The summed E-state index contributed by atoms with van der Waals surface area (Å²) in [6, 6.07) is 1.74. The second kappa shape index (κ2) is 11.9. The average molecular weight is 492 g/mol. The minimum absolute atomic E-state index is 0.0607. The van der Waals surface area contributed by atoms with Gasteiger partial charge in [0.05, 0.1) is 12.5 Å². The first kappa shape index (κ1) is 27.3. The van der Waals surface area contributed by atoms with Gasteiger partial charge < -0.3 is 42.0 Å². The Morgan fingerprint density at radius 3 is 2.17 bits per heavy atom. The number of hydrogen-bond donors (Lipinski definition) is 8. The Bertz CT molecular complexity index is 1100. The van der Waals surface area contributed by atoms with Gasteiger partial charge in [-0.25, -0.2) is 4.79 Å². The van der Waals surface area contributed by atoms with Crippen LogP contribution >= 0.6 is 0 Å². The molecule has 3 amide bonds. The largest absolute Gasteiger partial charge is 0.481 e. The number of hydrogen-bond acceptors (Lipinski definition) is 7. The molecule has 0 aliphatic heterocycles. The highest BCUT2D eigenvalue weighted by molar-refractivity contribution is 5.95. The summed E-state index contributed by atoms with van der Waals surface area (Å²) in [5.74, 6) is -5.46. The number of rotatable bonds is 12. The molecular formula is C22H29N5O8. The van der Waals surface area contributed by atoms with Gasteiger partial charge >= 0.3 is 11.9 Å². The van der Waals surface area contributed by atoms with Gasteiger partial charge in [0, 0.05) is 23.5 Å². The van der Waals surface area contributed by atoms with Gasteiger partial charge in [-0.05, 0) is 25.5 Å². The zero-order valence-corrected chi connectivity index (χ0v) is 19.1. The van der Waals surface area contributed by atoms with Crippen molar-refractivity contribution < 1.29 is 39.3 Å². The smallest absolute Gasteiger partial charge is 0.326 e. The first-order valence-corrected chi connectivity index (χ1v) is 10.7. The van der Waals surface area contributed by atoms with Crippen LogP contribution in [0.5, 0.6) is 0 Å². The molecule has 0 saturated carbocycles. The lowest BCUT2D eigenvalue weighted by atomic mass is 10.0. The number of fused-ring (bicyclic) bond motifs is 1. The number of carbonyl (C=O) groups excluding carboxylic acids is 3. The number of amides is 3. The van der Waals surface area contributed by atoms with E-state index >= 15 is 0 Å². The number of H-pyrrole nitrogens is 1.